The Morgan fingerprint density at radius 3 is 2.24 bits per heavy atom. The zero-order valence-corrected chi connectivity index (χ0v) is 24.3. The van der Waals surface area contributed by atoms with Crippen molar-refractivity contribution in [2.75, 3.05) is 19.7 Å². The zero-order chi connectivity index (χ0) is 29.4. The van der Waals surface area contributed by atoms with Gasteiger partial charge in [-0.05, 0) is 72.8 Å². The smallest absolute Gasteiger partial charge is 0.460 e. The van der Waals surface area contributed by atoms with Crippen molar-refractivity contribution in [3.8, 4) is 0 Å². The Balaban J connectivity index is 4.94. The molecule has 2 atom stereocenters. The number of carbonyl (C=O) groups excluding carboxylic acids is 3. The molecule has 38 heavy (non-hydrogen) atoms. The van der Waals surface area contributed by atoms with Crippen LogP contribution in [0.25, 0.3) is 0 Å². The highest BCUT2D eigenvalue weighted by Crippen LogP contribution is 2.13. The van der Waals surface area contributed by atoms with Crippen molar-refractivity contribution in [3.05, 3.63) is 36.5 Å². The van der Waals surface area contributed by atoms with Gasteiger partial charge in [0, 0.05) is 6.42 Å². The van der Waals surface area contributed by atoms with E-state index in [4.69, 9.17) is 14.2 Å². The van der Waals surface area contributed by atoms with Crippen LogP contribution in [0.2, 0.25) is 0 Å². The maximum atomic E-state index is 12.8. The van der Waals surface area contributed by atoms with Gasteiger partial charge in [-0.25, -0.2) is 4.79 Å². The lowest BCUT2D eigenvalue weighted by Crippen LogP contribution is -2.74. The van der Waals surface area contributed by atoms with Crippen LogP contribution in [-0.4, -0.2) is 66.1 Å². The summed E-state index contributed by atoms with van der Waals surface area (Å²) in [5.41, 5.74) is -0.354. The number of ether oxygens (including phenoxy) is 3. The van der Waals surface area contributed by atoms with Crippen LogP contribution in [0.15, 0.2) is 36.5 Å². The maximum Gasteiger partial charge on any atom is 0.545 e. The number of amides is 2. The predicted octanol–water partition coefficient (Wildman–Crippen LogP) is 2.84. The number of alkyl carbamates (subject to hydrolysis) is 1. The quantitative estimate of drug-likeness (QED) is 0.0666. The number of hydrogen-bond acceptors (Lipinski definition) is 6. The molecule has 10 nitrogen and oxygen atoms in total. The molecule has 0 saturated heterocycles. The van der Waals surface area contributed by atoms with E-state index in [1.54, 1.807) is 26.8 Å². The first-order valence-corrected chi connectivity index (χ1v) is 12.9. The van der Waals surface area contributed by atoms with Gasteiger partial charge in [0.2, 0.25) is 5.91 Å². The molecule has 0 aromatic rings. The fourth-order valence-electron chi connectivity index (χ4n) is 3.06. The molecule has 0 fully saturated rings. The average molecular weight is 539 g/mol. The lowest BCUT2D eigenvalue weighted by Gasteiger charge is -2.23. The van der Waals surface area contributed by atoms with E-state index in [0.717, 1.165) is 5.57 Å². The fraction of sp³-hybridized carbons (Fsp3) is 0.643. The SMILES string of the molecule is C=C/C=C\C(C)/C(=C\C)COC(=O)CNC(=O)[C@H](CCCC[NH+]=C(O)OC(C)(C)C)NC(=O)OC(C)(C)C. The van der Waals surface area contributed by atoms with Gasteiger partial charge >= 0.3 is 18.1 Å². The third kappa shape index (κ3) is 18.0. The normalized spacial score (nSPS) is 14.4. The lowest BCUT2D eigenvalue weighted by molar-refractivity contribution is -0.481. The Morgan fingerprint density at radius 1 is 1.05 bits per heavy atom. The Hall–Kier alpha value is -3.30. The molecule has 216 valence electrons. The number of unbranched alkanes of at least 4 members (excludes halogenated alkanes) is 1. The molecule has 0 spiro atoms. The van der Waals surface area contributed by atoms with E-state index in [2.05, 4.69) is 22.2 Å². The molecule has 0 aliphatic carbocycles. The molecule has 0 aromatic carbocycles. The minimum absolute atomic E-state index is 0.0665. The van der Waals surface area contributed by atoms with Crippen LogP contribution >= 0.6 is 0 Å². The molecule has 0 aliphatic rings. The number of aliphatic hydroxyl groups excluding tert-OH is 1. The van der Waals surface area contributed by atoms with Crippen molar-refractivity contribution in [1.82, 2.24) is 10.6 Å². The lowest BCUT2D eigenvalue weighted by atomic mass is 10.0. The Kier molecular flexibility index (Phi) is 15.8. The third-order valence-corrected chi connectivity index (χ3v) is 4.90. The van der Waals surface area contributed by atoms with Gasteiger partial charge in [-0.15, -0.1) is 0 Å². The van der Waals surface area contributed by atoms with Crippen molar-refractivity contribution in [2.24, 2.45) is 5.92 Å². The number of nitrogens with one attached hydrogen (secondary N) is 3. The molecule has 0 bridgehead atoms. The van der Waals surface area contributed by atoms with E-state index in [-0.39, 0.29) is 25.2 Å². The van der Waals surface area contributed by atoms with Gasteiger partial charge < -0.3 is 30.0 Å². The van der Waals surface area contributed by atoms with Crippen molar-refractivity contribution in [1.29, 1.82) is 0 Å². The van der Waals surface area contributed by atoms with Crippen molar-refractivity contribution in [2.45, 2.75) is 91.9 Å². The van der Waals surface area contributed by atoms with Crippen LogP contribution in [0.5, 0.6) is 0 Å². The van der Waals surface area contributed by atoms with Crippen LogP contribution in [-0.2, 0) is 23.8 Å². The molecule has 0 aromatic heterocycles. The summed E-state index contributed by atoms with van der Waals surface area (Å²) in [7, 11) is 0. The minimum atomic E-state index is -0.920. The number of hydrogen-bond donors (Lipinski definition) is 4. The second kappa shape index (κ2) is 17.3. The van der Waals surface area contributed by atoms with Crippen molar-refractivity contribution < 1.29 is 38.7 Å². The van der Waals surface area contributed by atoms with E-state index < -0.39 is 35.2 Å². The number of rotatable bonds is 14. The van der Waals surface area contributed by atoms with Gasteiger partial charge in [0.25, 0.3) is 0 Å². The van der Waals surface area contributed by atoms with Gasteiger partial charge in [-0.1, -0.05) is 37.8 Å². The van der Waals surface area contributed by atoms with Crippen molar-refractivity contribution >= 4 is 24.1 Å². The summed E-state index contributed by atoms with van der Waals surface area (Å²) < 4.78 is 15.9. The summed E-state index contributed by atoms with van der Waals surface area (Å²) in [5, 5.41) is 14.9. The maximum absolute atomic E-state index is 12.8. The molecule has 0 saturated carbocycles. The minimum Gasteiger partial charge on any atom is -0.460 e. The highest BCUT2D eigenvalue weighted by Gasteiger charge is 2.25. The molecule has 1 unspecified atom stereocenters. The van der Waals surface area contributed by atoms with Crippen LogP contribution in [0.3, 0.4) is 0 Å². The Labute approximate surface area is 227 Å². The topological polar surface area (TPSA) is 137 Å². The number of carbonyl (C=O) groups is 3. The van der Waals surface area contributed by atoms with Gasteiger partial charge in [-0.2, -0.15) is 4.99 Å². The molecule has 2 amide bonds. The Bertz CT molecular complexity index is 865. The largest absolute Gasteiger partial charge is 0.545 e. The summed E-state index contributed by atoms with van der Waals surface area (Å²) in [5.74, 6) is -1.06. The van der Waals surface area contributed by atoms with E-state index in [9.17, 15) is 19.5 Å². The Morgan fingerprint density at radius 2 is 1.68 bits per heavy atom. The third-order valence-electron chi connectivity index (χ3n) is 4.90. The summed E-state index contributed by atoms with van der Waals surface area (Å²) in [6.45, 7) is 18.3. The van der Waals surface area contributed by atoms with Crippen LogP contribution in [0.1, 0.15) is 74.7 Å². The first-order valence-electron chi connectivity index (χ1n) is 12.9. The van der Waals surface area contributed by atoms with Crippen LogP contribution in [0, 0.1) is 5.92 Å². The molecule has 10 heteroatoms. The van der Waals surface area contributed by atoms with Crippen molar-refractivity contribution in [3.63, 3.8) is 0 Å². The van der Waals surface area contributed by atoms with Gasteiger partial charge in [-0.3, -0.25) is 9.59 Å². The number of allylic oxidation sites excluding steroid dienone is 4. The standard InChI is InChI=1S/C28H47N3O7/c1-10-12-15-20(3)21(11-2)19-36-23(32)18-30-24(33)22(31-26(35)38-28(7,8)9)16-13-14-17-29-25(34)37-27(4,5)6/h10-12,15,20,22H,1,13-14,16-19H2,2-9H3,(H,29,34)(H,30,33)(H,31,35)/p+1/b15-12-,21-11-/t20?,22-/m0/s1. The van der Waals surface area contributed by atoms with Gasteiger partial charge in [0.1, 0.15) is 36.9 Å². The summed E-state index contributed by atoms with van der Waals surface area (Å²) in [6.07, 6.45) is 7.73. The summed E-state index contributed by atoms with van der Waals surface area (Å²) in [6, 6.07) is -0.920. The number of esters is 1. The fourth-order valence-corrected chi connectivity index (χ4v) is 3.06. The molecular weight excluding hydrogens is 490 g/mol. The highest BCUT2D eigenvalue weighted by atomic mass is 16.6. The van der Waals surface area contributed by atoms with E-state index in [1.807, 2.05) is 52.8 Å². The molecule has 0 radical (unpaired) electrons. The first-order chi connectivity index (χ1) is 17.6. The molecule has 0 aliphatic heterocycles. The van der Waals surface area contributed by atoms with Gasteiger partial charge in [0.05, 0.1) is 0 Å². The molecular formula is C28H48N3O7+. The average Bonchev–Trinajstić information content (AvgIpc) is 2.78. The molecule has 0 heterocycles. The number of aliphatic hydroxyl groups is 1. The summed E-state index contributed by atoms with van der Waals surface area (Å²) >= 11 is 0. The zero-order valence-electron chi connectivity index (χ0n) is 24.3. The molecule has 0 rings (SSSR count). The first kappa shape index (κ1) is 34.7. The van der Waals surface area contributed by atoms with Gasteiger partial charge in [0.15, 0.2) is 0 Å². The second-order valence-electron chi connectivity index (χ2n) is 10.8. The van der Waals surface area contributed by atoms with Crippen LogP contribution < -0.4 is 15.6 Å². The second-order valence-corrected chi connectivity index (χ2v) is 10.8. The predicted molar refractivity (Wildman–Crippen MR) is 148 cm³/mol. The van der Waals surface area contributed by atoms with E-state index in [1.165, 1.54) is 0 Å². The monoisotopic (exact) mass is 538 g/mol. The highest BCUT2D eigenvalue weighted by molar-refractivity contribution is 5.88. The van der Waals surface area contributed by atoms with Crippen LogP contribution in [0.4, 0.5) is 4.79 Å². The molecule has 4 N–H and O–H groups in total. The van der Waals surface area contributed by atoms with E-state index in [0.29, 0.717) is 25.8 Å². The summed E-state index contributed by atoms with van der Waals surface area (Å²) in [4.78, 5) is 40.1. The van der Waals surface area contributed by atoms with E-state index >= 15 is 0 Å².